The molecule has 3 heteroatoms. The van der Waals surface area contributed by atoms with E-state index in [0.717, 1.165) is 12.5 Å². The van der Waals surface area contributed by atoms with Crippen molar-refractivity contribution in [3.63, 3.8) is 0 Å². The fourth-order valence-electron chi connectivity index (χ4n) is 3.80. The lowest BCUT2D eigenvalue weighted by Gasteiger charge is -2.37. The van der Waals surface area contributed by atoms with Gasteiger partial charge in [0.15, 0.2) is 0 Å². The molecule has 0 aliphatic heterocycles. The van der Waals surface area contributed by atoms with Gasteiger partial charge in [0, 0.05) is 12.1 Å². The van der Waals surface area contributed by atoms with Crippen LogP contribution in [0.4, 0.5) is 0 Å². The van der Waals surface area contributed by atoms with Gasteiger partial charge in [-0.2, -0.15) is 5.26 Å². The van der Waals surface area contributed by atoms with Crippen LogP contribution in [-0.2, 0) is 0 Å². The van der Waals surface area contributed by atoms with Crippen molar-refractivity contribution in [1.82, 2.24) is 10.2 Å². The van der Waals surface area contributed by atoms with E-state index in [2.05, 4.69) is 23.3 Å². The average Bonchev–Trinajstić information content (AvgIpc) is 3.04. The second-order valence-electron chi connectivity index (χ2n) is 6.94. The van der Waals surface area contributed by atoms with Crippen molar-refractivity contribution in [2.75, 3.05) is 13.6 Å². The second-order valence-corrected chi connectivity index (χ2v) is 6.94. The van der Waals surface area contributed by atoms with Crippen molar-refractivity contribution in [2.45, 2.75) is 75.4 Å². The lowest BCUT2D eigenvalue weighted by molar-refractivity contribution is 0.143. The Labute approximate surface area is 117 Å². The summed E-state index contributed by atoms with van der Waals surface area (Å²) in [6.45, 7) is 1.17. The molecular weight excluding hydrogens is 234 g/mol. The van der Waals surface area contributed by atoms with Crippen LogP contribution in [0, 0.1) is 17.2 Å². The highest BCUT2D eigenvalue weighted by Gasteiger charge is 2.45. The van der Waals surface area contributed by atoms with Crippen molar-refractivity contribution in [3.8, 4) is 6.07 Å². The molecule has 3 aliphatic rings. The quantitative estimate of drug-likeness (QED) is 0.799. The first-order valence-corrected chi connectivity index (χ1v) is 8.13. The Hall–Kier alpha value is -0.590. The molecule has 0 aromatic heterocycles. The van der Waals surface area contributed by atoms with Gasteiger partial charge in [0.1, 0.15) is 5.54 Å². The average molecular weight is 261 g/mol. The Bertz CT molecular complexity index is 353. The van der Waals surface area contributed by atoms with Gasteiger partial charge in [-0.1, -0.05) is 12.8 Å². The predicted octanol–water partition coefficient (Wildman–Crippen LogP) is 2.68. The van der Waals surface area contributed by atoms with Crippen LogP contribution >= 0.6 is 0 Å². The van der Waals surface area contributed by atoms with Crippen LogP contribution in [0.2, 0.25) is 0 Å². The van der Waals surface area contributed by atoms with E-state index in [1.807, 2.05) is 0 Å². The summed E-state index contributed by atoms with van der Waals surface area (Å²) in [5, 5.41) is 13.3. The molecule has 0 heterocycles. The van der Waals surface area contributed by atoms with Crippen LogP contribution in [-0.4, -0.2) is 36.1 Å². The summed E-state index contributed by atoms with van der Waals surface area (Å²) in [6.07, 6.45) is 11.4. The van der Waals surface area contributed by atoms with Crippen molar-refractivity contribution in [2.24, 2.45) is 5.92 Å². The third kappa shape index (κ3) is 2.80. The minimum Gasteiger partial charge on any atom is -0.303 e. The van der Waals surface area contributed by atoms with E-state index < -0.39 is 0 Å². The first-order chi connectivity index (χ1) is 9.23. The molecule has 3 aliphatic carbocycles. The number of nitrogens with one attached hydrogen (secondary N) is 1. The lowest BCUT2D eigenvalue weighted by atomic mass is 9.85. The molecule has 0 radical (unpaired) electrons. The van der Waals surface area contributed by atoms with Gasteiger partial charge in [0.2, 0.25) is 0 Å². The Kier molecular flexibility index (Phi) is 3.82. The summed E-state index contributed by atoms with van der Waals surface area (Å²) in [5.41, 5.74) is -0.193. The molecule has 3 fully saturated rings. The molecule has 0 spiro atoms. The van der Waals surface area contributed by atoms with Crippen LogP contribution in [0.5, 0.6) is 0 Å². The van der Waals surface area contributed by atoms with E-state index in [1.54, 1.807) is 0 Å². The molecule has 1 N–H and O–H groups in total. The molecule has 2 atom stereocenters. The number of hydrogen-bond acceptors (Lipinski definition) is 3. The minimum atomic E-state index is -0.193. The molecule has 0 amide bonds. The smallest absolute Gasteiger partial charge is 0.109 e. The highest BCUT2D eigenvalue weighted by Crippen LogP contribution is 2.40. The molecular formula is C16H27N3. The predicted molar refractivity (Wildman–Crippen MR) is 76.7 cm³/mol. The fourth-order valence-corrected chi connectivity index (χ4v) is 3.80. The molecule has 3 rings (SSSR count). The zero-order valence-electron chi connectivity index (χ0n) is 12.2. The van der Waals surface area contributed by atoms with E-state index in [9.17, 15) is 5.26 Å². The summed E-state index contributed by atoms with van der Waals surface area (Å²) >= 11 is 0. The van der Waals surface area contributed by atoms with Crippen LogP contribution in [0.15, 0.2) is 0 Å². The van der Waals surface area contributed by atoms with E-state index in [1.165, 1.54) is 57.9 Å². The molecule has 0 saturated heterocycles. The number of hydrogen-bond donors (Lipinski definition) is 1. The van der Waals surface area contributed by atoms with Crippen molar-refractivity contribution in [1.29, 1.82) is 5.26 Å². The van der Waals surface area contributed by atoms with Gasteiger partial charge in [0.05, 0.1) is 6.07 Å². The monoisotopic (exact) mass is 261 g/mol. The number of nitriles is 1. The van der Waals surface area contributed by atoms with Gasteiger partial charge >= 0.3 is 0 Å². The maximum absolute atomic E-state index is 9.67. The Morgan fingerprint density at radius 1 is 1.21 bits per heavy atom. The molecule has 19 heavy (non-hydrogen) atoms. The molecule has 106 valence electrons. The van der Waals surface area contributed by atoms with Gasteiger partial charge in [-0.05, 0) is 64.5 Å². The first-order valence-electron chi connectivity index (χ1n) is 8.13. The summed E-state index contributed by atoms with van der Waals surface area (Å²) in [5.74, 6) is 0.570. The van der Waals surface area contributed by atoms with Crippen molar-refractivity contribution >= 4 is 0 Å². The maximum Gasteiger partial charge on any atom is 0.109 e. The Morgan fingerprint density at radius 2 is 2.00 bits per heavy atom. The van der Waals surface area contributed by atoms with Crippen molar-refractivity contribution in [3.05, 3.63) is 0 Å². The maximum atomic E-state index is 9.67. The van der Waals surface area contributed by atoms with Gasteiger partial charge in [0.25, 0.3) is 0 Å². The van der Waals surface area contributed by atoms with Crippen LogP contribution in [0.25, 0.3) is 0 Å². The number of rotatable bonds is 6. The summed E-state index contributed by atoms with van der Waals surface area (Å²) in [7, 11) is 2.27. The molecule has 0 aromatic carbocycles. The molecule has 0 bridgehead atoms. The van der Waals surface area contributed by atoms with Crippen LogP contribution < -0.4 is 5.32 Å². The summed E-state index contributed by atoms with van der Waals surface area (Å²) in [4.78, 5) is 2.53. The zero-order chi connectivity index (χ0) is 13.3. The second kappa shape index (κ2) is 5.42. The topological polar surface area (TPSA) is 39.1 Å². The molecule has 3 nitrogen and oxygen atoms in total. The highest BCUT2D eigenvalue weighted by atomic mass is 15.1. The Balaban J connectivity index is 1.54. The van der Waals surface area contributed by atoms with Gasteiger partial charge in [-0.15, -0.1) is 0 Å². The molecule has 3 saturated carbocycles. The van der Waals surface area contributed by atoms with E-state index in [4.69, 9.17) is 0 Å². The van der Waals surface area contributed by atoms with Crippen LogP contribution in [0.3, 0.4) is 0 Å². The lowest BCUT2D eigenvalue weighted by Crippen LogP contribution is -2.49. The summed E-state index contributed by atoms with van der Waals surface area (Å²) in [6, 6.07) is 4.12. The largest absolute Gasteiger partial charge is 0.303 e. The van der Waals surface area contributed by atoms with Gasteiger partial charge in [-0.3, -0.25) is 5.32 Å². The third-order valence-corrected chi connectivity index (χ3v) is 5.59. The first kappa shape index (κ1) is 13.4. The van der Waals surface area contributed by atoms with Gasteiger partial charge < -0.3 is 4.90 Å². The van der Waals surface area contributed by atoms with Gasteiger partial charge in [-0.25, -0.2) is 0 Å². The normalized spacial score (nSPS) is 35.3. The fraction of sp³-hybridized carbons (Fsp3) is 0.938. The van der Waals surface area contributed by atoms with E-state index in [0.29, 0.717) is 12.0 Å². The Morgan fingerprint density at radius 3 is 2.58 bits per heavy atom. The third-order valence-electron chi connectivity index (χ3n) is 5.59. The van der Waals surface area contributed by atoms with Crippen LogP contribution in [0.1, 0.15) is 57.8 Å². The van der Waals surface area contributed by atoms with E-state index >= 15 is 0 Å². The zero-order valence-corrected chi connectivity index (χ0v) is 12.2. The summed E-state index contributed by atoms with van der Waals surface area (Å²) < 4.78 is 0. The SMILES string of the molecule is CN(CCC1CCCC1(C#N)NC1CC1)C1CCC1. The molecule has 0 aromatic rings. The minimum absolute atomic E-state index is 0.193. The molecule has 2 unspecified atom stereocenters. The highest BCUT2D eigenvalue weighted by molar-refractivity contribution is 5.16. The van der Waals surface area contributed by atoms with E-state index in [-0.39, 0.29) is 5.54 Å². The number of nitrogens with zero attached hydrogens (tertiary/aromatic N) is 2. The standard InChI is InChI=1S/C16H27N3/c1-19(15-5-2-6-15)11-9-13-4-3-10-16(13,12-17)18-14-7-8-14/h13-15,18H,2-11H2,1H3. The van der Waals surface area contributed by atoms with Crippen molar-refractivity contribution < 1.29 is 0 Å².